The topological polar surface area (TPSA) is 56.5 Å². The van der Waals surface area contributed by atoms with E-state index in [0.717, 1.165) is 32.8 Å². The molecule has 0 radical (unpaired) electrons. The molecule has 0 amide bonds. The van der Waals surface area contributed by atoms with Gasteiger partial charge in [0.2, 0.25) is 0 Å². The fourth-order valence-electron chi connectivity index (χ4n) is 4.09. The Morgan fingerprint density at radius 3 is 2.39 bits per heavy atom. The molecule has 1 heterocycles. The Morgan fingerprint density at radius 1 is 0.848 bits per heavy atom. The molecule has 4 heteroatoms. The summed E-state index contributed by atoms with van der Waals surface area (Å²) in [6.07, 6.45) is 0.711. The molecule has 5 aromatic rings. The van der Waals surface area contributed by atoms with E-state index < -0.39 is 5.63 Å². The highest BCUT2D eigenvalue weighted by molar-refractivity contribution is 6.01. The van der Waals surface area contributed by atoms with Crippen molar-refractivity contribution in [2.24, 2.45) is 0 Å². The van der Waals surface area contributed by atoms with Crippen LogP contribution in [0.5, 0.6) is 5.75 Å². The van der Waals surface area contributed by atoms with Gasteiger partial charge in [0, 0.05) is 23.1 Å². The van der Waals surface area contributed by atoms with E-state index >= 15 is 0 Å². The summed E-state index contributed by atoms with van der Waals surface area (Å²) in [7, 11) is 0. The fraction of sp³-hybridized carbons (Fsp3) is 0.103. The summed E-state index contributed by atoms with van der Waals surface area (Å²) >= 11 is 0. The number of rotatable bonds is 6. The van der Waals surface area contributed by atoms with Crippen molar-refractivity contribution >= 4 is 27.5 Å². The Labute approximate surface area is 191 Å². The molecule has 162 valence electrons. The number of carbonyl (C=O) groups excluding carboxylic acids is 1. The smallest absolute Gasteiger partial charge is 0.336 e. The van der Waals surface area contributed by atoms with E-state index in [2.05, 4.69) is 0 Å². The van der Waals surface area contributed by atoms with E-state index in [4.69, 9.17) is 9.15 Å². The molecule has 0 bridgehead atoms. The van der Waals surface area contributed by atoms with E-state index in [-0.39, 0.29) is 12.4 Å². The summed E-state index contributed by atoms with van der Waals surface area (Å²) in [5.74, 6) is 0.440. The van der Waals surface area contributed by atoms with Crippen LogP contribution in [-0.2, 0) is 6.42 Å². The minimum Gasteiger partial charge on any atom is -0.485 e. The van der Waals surface area contributed by atoms with E-state index in [0.29, 0.717) is 23.3 Å². The van der Waals surface area contributed by atoms with Crippen LogP contribution in [0.3, 0.4) is 0 Å². The predicted octanol–water partition coefficient (Wildman–Crippen LogP) is 6.44. The van der Waals surface area contributed by atoms with Gasteiger partial charge in [-0.3, -0.25) is 4.79 Å². The number of ether oxygens (including phenoxy) is 1. The highest BCUT2D eigenvalue weighted by Crippen LogP contribution is 2.32. The number of hydrogen-bond acceptors (Lipinski definition) is 4. The number of aryl methyl sites for hydroxylation is 1. The molecular weight excluding hydrogens is 412 g/mol. The van der Waals surface area contributed by atoms with Gasteiger partial charge in [0.15, 0.2) is 12.4 Å². The predicted molar refractivity (Wildman–Crippen MR) is 131 cm³/mol. The maximum Gasteiger partial charge on any atom is 0.336 e. The third-order valence-corrected chi connectivity index (χ3v) is 5.82. The molecular formula is C29H22O4. The average molecular weight is 434 g/mol. The van der Waals surface area contributed by atoms with Crippen LogP contribution in [0, 0.1) is 0 Å². The van der Waals surface area contributed by atoms with Crippen LogP contribution >= 0.6 is 0 Å². The molecule has 0 N–H and O–H groups in total. The van der Waals surface area contributed by atoms with Crippen LogP contribution < -0.4 is 10.4 Å². The quantitative estimate of drug-likeness (QED) is 0.228. The van der Waals surface area contributed by atoms with Gasteiger partial charge in [0.1, 0.15) is 11.3 Å². The second kappa shape index (κ2) is 8.75. The molecule has 0 aliphatic heterocycles. The second-order valence-electron chi connectivity index (χ2n) is 7.93. The molecule has 0 aliphatic rings. The molecule has 0 aliphatic carbocycles. The summed E-state index contributed by atoms with van der Waals surface area (Å²) in [6, 6.07) is 28.5. The lowest BCUT2D eigenvalue weighted by Crippen LogP contribution is -2.12. The summed E-state index contributed by atoms with van der Waals surface area (Å²) in [5, 5.41) is 2.94. The van der Waals surface area contributed by atoms with Gasteiger partial charge in [-0.15, -0.1) is 0 Å². The van der Waals surface area contributed by atoms with E-state index in [9.17, 15) is 9.59 Å². The van der Waals surface area contributed by atoms with E-state index in [1.54, 1.807) is 6.07 Å². The second-order valence-corrected chi connectivity index (χ2v) is 7.93. The zero-order valence-corrected chi connectivity index (χ0v) is 18.2. The minimum atomic E-state index is -0.427. The zero-order valence-electron chi connectivity index (χ0n) is 18.2. The molecule has 1 aromatic heterocycles. The van der Waals surface area contributed by atoms with Gasteiger partial charge in [-0.25, -0.2) is 4.79 Å². The number of Topliss-reactive ketones (excluding diaryl/α,β-unsaturated/α-hetero) is 1. The van der Waals surface area contributed by atoms with Gasteiger partial charge in [-0.2, -0.15) is 0 Å². The van der Waals surface area contributed by atoms with E-state index in [1.807, 2.05) is 85.8 Å². The van der Waals surface area contributed by atoms with Crippen molar-refractivity contribution in [3.05, 3.63) is 113 Å². The largest absolute Gasteiger partial charge is 0.485 e. The third-order valence-electron chi connectivity index (χ3n) is 5.82. The Hall–Kier alpha value is -4.18. The maximum atomic E-state index is 12.8. The number of carbonyl (C=O) groups is 1. The van der Waals surface area contributed by atoms with Crippen LogP contribution in [-0.4, -0.2) is 12.4 Å². The molecule has 0 atom stereocenters. The number of benzene rings is 4. The molecule has 4 aromatic carbocycles. The summed E-state index contributed by atoms with van der Waals surface area (Å²) in [4.78, 5) is 25.1. The lowest BCUT2D eigenvalue weighted by Gasteiger charge is -2.13. The van der Waals surface area contributed by atoms with Crippen LogP contribution in [0.2, 0.25) is 0 Å². The molecule has 0 saturated heterocycles. The molecule has 0 spiro atoms. The standard InChI is InChI=1S/C29H22O4/c1-2-19-15-25-24(21-9-4-3-5-10-21)16-29(31)33-28(25)17-27(19)32-18-26(30)23-13-12-20-8-6-7-11-22(20)14-23/h3-17H,2,18H2,1H3. The van der Waals surface area contributed by atoms with Gasteiger partial charge >= 0.3 is 5.63 Å². The average Bonchev–Trinajstić information content (AvgIpc) is 2.86. The van der Waals surface area contributed by atoms with Crippen LogP contribution in [0.25, 0.3) is 32.9 Å². The Morgan fingerprint density at radius 2 is 1.61 bits per heavy atom. The third kappa shape index (κ3) is 4.15. The summed E-state index contributed by atoms with van der Waals surface area (Å²) < 4.78 is 11.4. The van der Waals surface area contributed by atoms with E-state index in [1.165, 1.54) is 6.07 Å². The van der Waals surface area contributed by atoms with Gasteiger partial charge in [0.25, 0.3) is 0 Å². The first-order valence-electron chi connectivity index (χ1n) is 10.9. The van der Waals surface area contributed by atoms with Crippen LogP contribution in [0.4, 0.5) is 0 Å². The fourth-order valence-corrected chi connectivity index (χ4v) is 4.09. The molecule has 5 rings (SSSR count). The normalized spacial score (nSPS) is 11.1. The van der Waals surface area contributed by atoms with Gasteiger partial charge in [0.05, 0.1) is 0 Å². The zero-order chi connectivity index (χ0) is 22.8. The number of hydrogen-bond donors (Lipinski definition) is 0. The Kier molecular flexibility index (Phi) is 5.49. The van der Waals surface area contributed by atoms with Crippen molar-refractivity contribution in [3.63, 3.8) is 0 Å². The van der Waals surface area contributed by atoms with Crippen LogP contribution in [0.15, 0.2) is 100 Å². The Balaban J connectivity index is 1.47. The minimum absolute atomic E-state index is 0.0978. The maximum absolute atomic E-state index is 12.8. The SMILES string of the molecule is CCc1cc2c(-c3ccccc3)cc(=O)oc2cc1OCC(=O)c1ccc2ccccc2c1. The van der Waals surface area contributed by atoms with Crippen molar-refractivity contribution in [3.8, 4) is 16.9 Å². The number of ketones is 1. The molecule has 33 heavy (non-hydrogen) atoms. The van der Waals surface area contributed by atoms with Crippen LogP contribution in [0.1, 0.15) is 22.8 Å². The van der Waals surface area contributed by atoms with Crippen molar-refractivity contribution in [1.29, 1.82) is 0 Å². The first-order valence-corrected chi connectivity index (χ1v) is 10.9. The Bertz CT molecular complexity index is 1530. The van der Waals surface area contributed by atoms with Crippen molar-refractivity contribution in [2.75, 3.05) is 6.61 Å². The summed E-state index contributed by atoms with van der Waals surface area (Å²) in [5.41, 5.74) is 3.31. The lowest BCUT2D eigenvalue weighted by atomic mass is 9.99. The van der Waals surface area contributed by atoms with Crippen molar-refractivity contribution in [2.45, 2.75) is 13.3 Å². The number of fused-ring (bicyclic) bond motifs is 2. The highest BCUT2D eigenvalue weighted by atomic mass is 16.5. The van der Waals surface area contributed by atoms with Gasteiger partial charge in [-0.05, 0) is 46.0 Å². The van der Waals surface area contributed by atoms with Gasteiger partial charge in [-0.1, -0.05) is 73.7 Å². The first-order chi connectivity index (χ1) is 16.1. The van der Waals surface area contributed by atoms with Gasteiger partial charge < -0.3 is 9.15 Å². The first kappa shape index (κ1) is 20.7. The summed E-state index contributed by atoms with van der Waals surface area (Å²) in [6.45, 7) is 1.93. The van der Waals surface area contributed by atoms with Crippen molar-refractivity contribution < 1.29 is 13.9 Å². The molecule has 0 unspecified atom stereocenters. The van der Waals surface area contributed by atoms with Crippen molar-refractivity contribution in [1.82, 2.24) is 0 Å². The molecule has 0 saturated carbocycles. The monoisotopic (exact) mass is 434 g/mol. The highest BCUT2D eigenvalue weighted by Gasteiger charge is 2.14. The lowest BCUT2D eigenvalue weighted by molar-refractivity contribution is 0.0921. The molecule has 4 nitrogen and oxygen atoms in total. The molecule has 0 fully saturated rings.